The molecule has 0 saturated carbocycles. The van der Waals surface area contributed by atoms with Crippen LogP contribution < -0.4 is 5.32 Å². The number of aryl methyl sites for hydroxylation is 3. The quantitative estimate of drug-likeness (QED) is 0.808. The van der Waals surface area contributed by atoms with Gasteiger partial charge in [-0.2, -0.15) is 0 Å². The predicted octanol–water partition coefficient (Wildman–Crippen LogP) is 3.95. The van der Waals surface area contributed by atoms with Crippen molar-refractivity contribution in [2.75, 3.05) is 5.32 Å². The van der Waals surface area contributed by atoms with Crippen molar-refractivity contribution in [1.82, 2.24) is 0 Å². The lowest BCUT2D eigenvalue weighted by Crippen LogP contribution is -2.30. The molecule has 0 unspecified atom stereocenters. The summed E-state index contributed by atoms with van der Waals surface area (Å²) in [6, 6.07) is 11.6. The summed E-state index contributed by atoms with van der Waals surface area (Å²) in [4.78, 5) is 24.1. The zero-order chi connectivity index (χ0) is 18.4. The summed E-state index contributed by atoms with van der Waals surface area (Å²) in [5.41, 5.74) is 3.59. The SMILES string of the molecule is Cc1ccc(NC(=O)[C@H](C)OC(=O)CCc2ccc(F)cc2)c(C)c1. The van der Waals surface area contributed by atoms with Crippen LogP contribution in [0.5, 0.6) is 0 Å². The smallest absolute Gasteiger partial charge is 0.306 e. The van der Waals surface area contributed by atoms with E-state index in [1.54, 1.807) is 12.1 Å². The van der Waals surface area contributed by atoms with E-state index in [0.717, 1.165) is 16.7 Å². The first kappa shape index (κ1) is 18.6. The first-order chi connectivity index (χ1) is 11.8. The van der Waals surface area contributed by atoms with Gasteiger partial charge in [0.1, 0.15) is 5.82 Å². The number of hydrogen-bond acceptors (Lipinski definition) is 3. The van der Waals surface area contributed by atoms with Crippen molar-refractivity contribution >= 4 is 17.6 Å². The van der Waals surface area contributed by atoms with E-state index in [0.29, 0.717) is 12.1 Å². The molecule has 0 aliphatic rings. The van der Waals surface area contributed by atoms with Gasteiger partial charge in [-0.05, 0) is 56.5 Å². The number of nitrogens with one attached hydrogen (secondary N) is 1. The molecule has 0 radical (unpaired) electrons. The van der Waals surface area contributed by atoms with Gasteiger partial charge < -0.3 is 10.1 Å². The van der Waals surface area contributed by atoms with Crippen LogP contribution in [0.2, 0.25) is 0 Å². The van der Waals surface area contributed by atoms with Crippen molar-refractivity contribution in [2.45, 2.75) is 39.7 Å². The Bertz CT molecular complexity index is 756. The second-order valence-corrected chi connectivity index (χ2v) is 6.07. The van der Waals surface area contributed by atoms with Crippen LogP contribution >= 0.6 is 0 Å². The predicted molar refractivity (Wildman–Crippen MR) is 94.8 cm³/mol. The van der Waals surface area contributed by atoms with E-state index in [4.69, 9.17) is 4.74 Å². The lowest BCUT2D eigenvalue weighted by Gasteiger charge is -2.15. The summed E-state index contributed by atoms with van der Waals surface area (Å²) in [7, 11) is 0. The fourth-order valence-corrected chi connectivity index (χ4v) is 2.40. The summed E-state index contributed by atoms with van der Waals surface area (Å²) >= 11 is 0. The third-order valence-corrected chi connectivity index (χ3v) is 3.85. The monoisotopic (exact) mass is 343 g/mol. The molecule has 0 aliphatic heterocycles. The summed E-state index contributed by atoms with van der Waals surface area (Å²) < 4.78 is 18.0. The minimum absolute atomic E-state index is 0.132. The number of hydrogen-bond donors (Lipinski definition) is 1. The Morgan fingerprint density at radius 3 is 2.44 bits per heavy atom. The van der Waals surface area contributed by atoms with Crippen molar-refractivity contribution in [1.29, 1.82) is 0 Å². The molecule has 0 heterocycles. The number of carbonyl (C=O) groups excluding carboxylic acids is 2. The third-order valence-electron chi connectivity index (χ3n) is 3.85. The molecule has 1 amide bonds. The Morgan fingerprint density at radius 2 is 1.80 bits per heavy atom. The molecule has 0 fully saturated rings. The number of amides is 1. The van der Waals surface area contributed by atoms with E-state index in [2.05, 4.69) is 5.32 Å². The van der Waals surface area contributed by atoms with E-state index in [1.807, 2.05) is 32.0 Å². The lowest BCUT2D eigenvalue weighted by molar-refractivity contribution is -0.153. The molecular formula is C20H22FNO3. The van der Waals surface area contributed by atoms with Gasteiger partial charge in [-0.3, -0.25) is 9.59 Å². The molecular weight excluding hydrogens is 321 g/mol. The minimum atomic E-state index is -0.888. The normalized spacial score (nSPS) is 11.7. The summed E-state index contributed by atoms with van der Waals surface area (Å²) in [5, 5.41) is 2.76. The van der Waals surface area contributed by atoms with Crippen molar-refractivity contribution in [3.63, 3.8) is 0 Å². The summed E-state index contributed by atoms with van der Waals surface area (Å²) in [6.07, 6.45) is -0.321. The Hall–Kier alpha value is -2.69. The standard InChI is InChI=1S/C20H22FNO3/c1-13-4-10-18(14(2)12-13)22-20(24)15(3)25-19(23)11-7-16-5-8-17(21)9-6-16/h4-6,8-10,12,15H,7,11H2,1-3H3,(H,22,24)/t15-/m0/s1. The maximum atomic E-state index is 12.8. The van der Waals surface area contributed by atoms with Gasteiger partial charge in [-0.15, -0.1) is 0 Å². The van der Waals surface area contributed by atoms with E-state index < -0.39 is 12.1 Å². The van der Waals surface area contributed by atoms with Gasteiger partial charge in [-0.25, -0.2) is 4.39 Å². The number of benzene rings is 2. The van der Waals surface area contributed by atoms with E-state index in [-0.39, 0.29) is 18.1 Å². The number of anilines is 1. The molecule has 2 aromatic carbocycles. The van der Waals surface area contributed by atoms with E-state index >= 15 is 0 Å². The number of carbonyl (C=O) groups is 2. The van der Waals surface area contributed by atoms with Crippen LogP contribution in [0.1, 0.15) is 30.0 Å². The van der Waals surface area contributed by atoms with Crippen molar-refractivity contribution in [3.8, 4) is 0 Å². The minimum Gasteiger partial charge on any atom is -0.453 e. The molecule has 4 nitrogen and oxygen atoms in total. The fraction of sp³-hybridized carbons (Fsp3) is 0.300. The molecule has 0 spiro atoms. The largest absolute Gasteiger partial charge is 0.453 e. The van der Waals surface area contributed by atoms with Crippen molar-refractivity contribution < 1.29 is 18.7 Å². The highest BCUT2D eigenvalue weighted by molar-refractivity contribution is 5.95. The molecule has 132 valence electrons. The summed E-state index contributed by atoms with van der Waals surface area (Å²) in [6.45, 7) is 5.42. The zero-order valence-corrected chi connectivity index (χ0v) is 14.6. The highest BCUT2D eigenvalue weighted by Crippen LogP contribution is 2.16. The molecule has 0 aromatic heterocycles. The molecule has 0 saturated heterocycles. The molecule has 1 N–H and O–H groups in total. The Labute approximate surface area is 147 Å². The Morgan fingerprint density at radius 1 is 1.12 bits per heavy atom. The van der Waals surface area contributed by atoms with E-state index in [9.17, 15) is 14.0 Å². The third kappa shape index (κ3) is 5.71. The zero-order valence-electron chi connectivity index (χ0n) is 14.6. The lowest BCUT2D eigenvalue weighted by atomic mass is 10.1. The second-order valence-electron chi connectivity index (χ2n) is 6.07. The van der Waals surface area contributed by atoms with Crippen LogP contribution in [0.15, 0.2) is 42.5 Å². The molecule has 0 bridgehead atoms. The van der Waals surface area contributed by atoms with Gasteiger partial charge in [0.15, 0.2) is 6.10 Å². The van der Waals surface area contributed by atoms with Gasteiger partial charge >= 0.3 is 5.97 Å². The number of rotatable bonds is 6. The van der Waals surface area contributed by atoms with Crippen LogP contribution in [-0.4, -0.2) is 18.0 Å². The topological polar surface area (TPSA) is 55.4 Å². The summed E-state index contributed by atoms with van der Waals surface area (Å²) in [5.74, 6) is -1.15. The van der Waals surface area contributed by atoms with E-state index in [1.165, 1.54) is 19.1 Å². The van der Waals surface area contributed by atoms with Crippen LogP contribution in [0.4, 0.5) is 10.1 Å². The molecule has 2 aromatic rings. The van der Waals surface area contributed by atoms with Gasteiger partial charge in [0.2, 0.25) is 0 Å². The average Bonchev–Trinajstić information content (AvgIpc) is 2.56. The molecule has 1 atom stereocenters. The van der Waals surface area contributed by atoms with Crippen LogP contribution in [0.25, 0.3) is 0 Å². The van der Waals surface area contributed by atoms with Crippen molar-refractivity contribution in [3.05, 3.63) is 65.0 Å². The maximum Gasteiger partial charge on any atom is 0.306 e. The fourth-order valence-electron chi connectivity index (χ4n) is 2.40. The van der Waals surface area contributed by atoms with Crippen LogP contribution in [-0.2, 0) is 20.7 Å². The molecule has 0 aliphatic carbocycles. The molecule has 5 heteroatoms. The molecule has 2 rings (SSSR count). The van der Waals surface area contributed by atoms with Gasteiger partial charge in [0.25, 0.3) is 5.91 Å². The second kappa shape index (κ2) is 8.42. The van der Waals surface area contributed by atoms with Crippen LogP contribution in [0, 0.1) is 19.7 Å². The molecule has 25 heavy (non-hydrogen) atoms. The van der Waals surface area contributed by atoms with Gasteiger partial charge in [0.05, 0.1) is 0 Å². The highest BCUT2D eigenvalue weighted by atomic mass is 19.1. The number of esters is 1. The highest BCUT2D eigenvalue weighted by Gasteiger charge is 2.18. The average molecular weight is 343 g/mol. The number of halogens is 1. The van der Waals surface area contributed by atoms with Crippen LogP contribution in [0.3, 0.4) is 0 Å². The number of ether oxygens (including phenoxy) is 1. The maximum absolute atomic E-state index is 12.8. The first-order valence-electron chi connectivity index (χ1n) is 8.17. The first-order valence-corrected chi connectivity index (χ1v) is 8.17. The van der Waals surface area contributed by atoms with Crippen molar-refractivity contribution in [2.24, 2.45) is 0 Å². The van der Waals surface area contributed by atoms with Gasteiger partial charge in [0, 0.05) is 12.1 Å². The Kier molecular flexibility index (Phi) is 6.28. The van der Waals surface area contributed by atoms with Gasteiger partial charge in [-0.1, -0.05) is 29.8 Å². The Balaban J connectivity index is 1.83.